The van der Waals surface area contributed by atoms with Crippen LogP contribution >= 0.6 is 0 Å². The Hall–Kier alpha value is -3.87. The number of carbonyl (C=O) groups is 1. The highest BCUT2D eigenvalue weighted by Gasteiger charge is 2.43. The van der Waals surface area contributed by atoms with Crippen LogP contribution in [0.5, 0.6) is 0 Å². The predicted octanol–water partition coefficient (Wildman–Crippen LogP) is 6.15. The molecule has 7 heteroatoms. The van der Waals surface area contributed by atoms with Crippen molar-refractivity contribution in [2.45, 2.75) is 19.1 Å². The van der Waals surface area contributed by atoms with Gasteiger partial charge in [0.15, 0.2) is 0 Å². The number of rotatable bonds is 3. The number of aryl methyl sites for hydroxylation is 1. The van der Waals surface area contributed by atoms with Crippen LogP contribution in [0.2, 0.25) is 0 Å². The van der Waals surface area contributed by atoms with E-state index in [0.717, 1.165) is 28.8 Å². The zero-order valence-corrected chi connectivity index (χ0v) is 17.0. The highest BCUT2D eigenvalue weighted by atomic mass is 19.4. The second-order valence-electron chi connectivity index (χ2n) is 7.76. The van der Waals surface area contributed by atoms with E-state index in [1.54, 1.807) is 0 Å². The summed E-state index contributed by atoms with van der Waals surface area (Å²) in [6.45, 7) is 1.95. The summed E-state index contributed by atoms with van der Waals surface area (Å²) in [5, 5.41) is 7.21. The molecule has 1 aromatic heterocycles. The minimum Gasteiger partial charge on any atom is -0.295 e. The Morgan fingerprint density at radius 2 is 1.66 bits per heavy atom. The Balaban J connectivity index is 1.71. The van der Waals surface area contributed by atoms with Crippen LogP contribution in [0, 0.1) is 6.92 Å². The van der Waals surface area contributed by atoms with E-state index < -0.39 is 23.7 Å². The van der Waals surface area contributed by atoms with Gasteiger partial charge in [-0.2, -0.15) is 18.3 Å². The van der Waals surface area contributed by atoms with Crippen LogP contribution in [0.4, 0.5) is 18.9 Å². The number of aromatic nitrogens is 2. The minimum absolute atomic E-state index is 0.180. The molecule has 1 aliphatic rings. The molecule has 1 N–H and O–H groups in total. The Morgan fingerprint density at radius 1 is 0.938 bits per heavy atom. The summed E-state index contributed by atoms with van der Waals surface area (Å²) in [7, 11) is 0. The molecule has 160 valence electrons. The Bertz CT molecular complexity index is 1290. The van der Waals surface area contributed by atoms with Crippen LogP contribution in [-0.2, 0) is 6.18 Å². The third-order valence-corrected chi connectivity index (χ3v) is 5.66. The van der Waals surface area contributed by atoms with Crippen molar-refractivity contribution in [3.8, 4) is 11.3 Å². The molecule has 0 radical (unpaired) electrons. The molecule has 4 nitrogen and oxygen atoms in total. The summed E-state index contributed by atoms with van der Waals surface area (Å²) >= 11 is 0. The van der Waals surface area contributed by atoms with Crippen LogP contribution < -0.4 is 4.90 Å². The van der Waals surface area contributed by atoms with Gasteiger partial charge in [-0.1, -0.05) is 66.2 Å². The molecule has 1 atom stereocenters. The lowest BCUT2D eigenvalue weighted by Gasteiger charge is -2.27. The Labute approximate surface area is 182 Å². The molecule has 3 aromatic carbocycles. The first kappa shape index (κ1) is 20.1. The van der Waals surface area contributed by atoms with E-state index in [2.05, 4.69) is 10.2 Å². The summed E-state index contributed by atoms with van der Waals surface area (Å²) in [5.74, 6) is -0.417. The standard InChI is InChI=1S/C25H18F3N3O/c1-15-10-12-17(13-11-15)23-20-21(16-6-3-2-4-7-16)29-30-22(20)24(32)31(23)19-9-5-8-18(14-19)25(26,27)28/h2-14,23H,1H3,(H,29,30). The van der Waals surface area contributed by atoms with Crippen molar-refractivity contribution in [3.63, 3.8) is 0 Å². The first-order chi connectivity index (χ1) is 15.3. The molecule has 0 fully saturated rings. The highest BCUT2D eigenvalue weighted by molar-refractivity contribution is 6.11. The van der Waals surface area contributed by atoms with Gasteiger partial charge in [0.2, 0.25) is 0 Å². The van der Waals surface area contributed by atoms with Gasteiger partial charge in [0.25, 0.3) is 5.91 Å². The Morgan fingerprint density at radius 3 is 2.34 bits per heavy atom. The molecule has 0 bridgehead atoms. The quantitative estimate of drug-likeness (QED) is 0.421. The minimum atomic E-state index is -4.51. The van der Waals surface area contributed by atoms with Crippen LogP contribution in [0.1, 0.15) is 38.8 Å². The van der Waals surface area contributed by atoms with Crippen molar-refractivity contribution in [3.05, 3.63) is 107 Å². The number of amides is 1. The molecule has 32 heavy (non-hydrogen) atoms. The molecule has 0 saturated carbocycles. The molecule has 5 rings (SSSR count). The maximum absolute atomic E-state index is 13.4. The van der Waals surface area contributed by atoms with Crippen molar-refractivity contribution in [2.24, 2.45) is 0 Å². The topological polar surface area (TPSA) is 49.0 Å². The summed E-state index contributed by atoms with van der Waals surface area (Å²) in [4.78, 5) is 14.8. The smallest absolute Gasteiger partial charge is 0.295 e. The Kier molecular flexibility index (Phi) is 4.62. The number of aromatic amines is 1. The van der Waals surface area contributed by atoms with Crippen LogP contribution in [0.3, 0.4) is 0 Å². The molecule has 0 spiro atoms. The van der Waals surface area contributed by atoms with Crippen molar-refractivity contribution in [1.82, 2.24) is 10.2 Å². The number of H-pyrrole nitrogens is 1. The number of carbonyl (C=O) groups excluding carboxylic acids is 1. The predicted molar refractivity (Wildman–Crippen MR) is 115 cm³/mol. The van der Waals surface area contributed by atoms with E-state index in [4.69, 9.17) is 0 Å². The number of benzene rings is 3. The summed E-state index contributed by atoms with van der Waals surface area (Å²) < 4.78 is 40.2. The maximum atomic E-state index is 13.4. The fourth-order valence-corrected chi connectivity index (χ4v) is 4.13. The molecule has 1 unspecified atom stereocenters. The SMILES string of the molecule is Cc1ccc(C2c3c(-c4ccccc4)n[nH]c3C(=O)N2c2cccc(C(F)(F)F)c2)cc1. The van der Waals surface area contributed by atoms with E-state index in [1.165, 1.54) is 17.0 Å². The van der Waals surface area contributed by atoms with Crippen molar-refractivity contribution in [1.29, 1.82) is 0 Å². The number of fused-ring (bicyclic) bond motifs is 1. The molecule has 1 aliphatic heterocycles. The van der Waals surface area contributed by atoms with Gasteiger partial charge < -0.3 is 0 Å². The van der Waals surface area contributed by atoms with Gasteiger partial charge >= 0.3 is 6.18 Å². The van der Waals surface area contributed by atoms with Crippen molar-refractivity contribution >= 4 is 11.6 Å². The second kappa shape index (κ2) is 7.37. The largest absolute Gasteiger partial charge is 0.416 e. The van der Waals surface area contributed by atoms with E-state index in [-0.39, 0.29) is 11.4 Å². The number of nitrogens with zero attached hydrogens (tertiary/aromatic N) is 2. The molecule has 1 amide bonds. The van der Waals surface area contributed by atoms with Gasteiger partial charge in [0.1, 0.15) is 5.69 Å². The van der Waals surface area contributed by atoms with Crippen LogP contribution in [-0.4, -0.2) is 16.1 Å². The number of halogens is 3. The average Bonchev–Trinajstić information content (AvgIpc) is 3.34. The van der Waals surface area contributed by atoms with Crippen molar-refractivity contribution < 1.29 is 18.0 Å². The lowest BCUT2D eigenvalue weighted by atomic mass is 9.95. The summed E-state index contributed by atoms with van der Waals surface area (Å²) in [6, 6.07) is 21.3. The van der Waals surface area contributed by atoms with Gasteiger partial charge in [0, 0.05) is 16.8 Å². The van der Waals surface area contributed by atoms with Gasteiger partial charge in [-0.3, -0.25) is 14.8 Å². The highest BCUT2D eigenvalue weighted by Crippen LogP contribution is 2.45. The van der Waals surface area contributed by atoms with Crippen LogP contribution in [0.15, 0.2) is 78.9 Å². The molecule has 4 aromatic rings. The zero-order valence-electron chi connectivity index (χ0n) is 17.0. The van der Waals surface area contributed by atoms with E-state index in [0.29, 0.717) is 11.3 Å². The number of hydrogen-bond donors (Lipinski definition) is 1. The number of anilines is 1. The van der Waals surface area contributed by atoms with Gasteiger partial charge in [-0.25, -0.2) is 0 Å². The van der Waals surface area contributed by atoms with Crippen molar-refractivity contribution in [2.75, 3.05) is 4.90 Å². The fourth-order valence-electron chi connectivity index (χ4n) is 4.13. The van der Waals surface area contributed by atoms with Gasteiger partial charge in [0.05, 0.1) is 17.3 Å². The van der Waals surface area contributed by atoms with E-state index in [9.17, 15) is 18.0 Å². The zero-order chi connectivity index (χ0) is 22.5. The molecule has 2 heterocycles. The molecular formula is C25H18F3N3O. The number of hydrogen-bond acceptors (Lipinski definition) is 2. The monoisotopic (exact) mass is 433 g/mol. The molecule has 0 aliphatic carbocycles. The number of alkyl halides is 3. The maximum Gasteiger partial charge on any atom is 0.416 e. The third kappa shape index (κ3) is 3.26. The summed E-state index contributed by atoms with van der Waals surface area (Å²) in [5.41, 5.74) is 3.57. The van der Waals surface area contributed by atoms with Crippen LogP contribution in [0.25, 0.3) is 11.3 Å². The normalized spacial score (nSPS) is 15.8. The van der Waals surface area contributed by atoms with Gasteiger partial charge in [-0.15, -0.1) is 0 Å². The number of nitrogens with one attached hydrogen (secondary N) is 1. The lowest BCUT2D eigenvalue weighted by Crippen LogP contribution is -2.29. The average molecular weight is 433 g/mol. The fraction of sp³-hybridized carbons (Fsp3) is 0.120. The van der Waals surface area contributed by atoms with E-state index in [1.807, 2.05) is 61.5 Å². The lowest BCUT2D eigenvalue weighted by molar-refractivity contribution is -0.137. The molecular weight excluding hydrogens is 415 g/mol. The molecule has 0 saturated heterocycles. The third-order valence-electron chi connectivity index (χ3n) is 5.66. The van der Waals surface area contributed by atoms with E-state index >= 15 is 0 Å². The second-order valence-corrected chi connectivity index (χ2v) is 7.76. The first-order valence-electron chi connectivity index (χ1n) is 10.1. The first-order valence-corrected chi connectivity index (χ1v) is 10.1. The summed E-state index contributed by atoms with van der Waals surface area (Å²) in [6.07, 6.45) is -4.51. The van der Waals surface area contributed by atoms with Gasteiger partial charge in [-0.05, 0) is 30.7 Å².